The van der Waals surface area contributed by atoms with Crippen molar-refractivity contribution < 1.29 is 18.3 Å². The number of nitrogens with zero attached hydrogens (tertiary/aromatic N) is 2. The number of aromatic nitrogens is 2. The Morgan fingerprint density at radius 1 is 1.14 bits per heavy atom. The Bertz CT molecular complexity index is 648. The number of rotatable bonds is 4. The van der Waals surface area contributed by atoms with Gasteiger partial charge in [-0.15, -0.1) is 0 Å². The van der Waals surface area contributed by atoms with Crippen molar-refractivity contribution in [3.63, 3.8) is 0 Å². The van der Waals surface area contributed by atoms with Gasteiger partial charge in [-0.1, -0.05) is 11.6 Å². The molecule has 2 N–H and O–H groups in total. The van der Waals surface area contributed by atoms with E-state index in [0.717, 1.165) is 6.07 Å². The average Bonchev–Trinajstić information content (AvgIpc) is 2.49. The monoisotopic (exact) mass is 315 g/mol. The smallest absolute Gasteiger partial charge is 0.220 e. The van der Waals surface area contributed by atoms with Gasteiger partial charge in [0, 0.05) is 10.6 Å². The molecule has 112 valence electrons. The highest BCUT2D eigenvalue weighted by Crippen LogP contribution is 2.33. The van der Waals surface area contributed by atoms with E-state index in [1.54, 1.807) is 0 Å². The van der Waals surface area contributed by atoms with Crippen LogP contribution in [0.15, 0.2) is 18.2 Å². The lowest BCUT2D eigenvalue weighted by Gasteiger charge is -2.13. The Morgan fingerprint density at radius 2 is 1.71 bits per heavy atom. The van der Waals surface area contributed by atoms with Gasteiger partial charge in [0.1, 0.15) is 5.82 Å². The zero-order valence-corrected chi connectivity index (χ0v) is 12.0. The van der Waals surface area contributed by atoms with E-state index in [1.165, 1.54) is 26.4 Å². The molecule has 0 aliphatic rings. The number of alkyl halides is 1. The molecule has 1 atom stereocenters. The summed E-state index contributed by atoms with van der Waals surface area (Å²) >= 11 is 5.72. The highest BCUT2D eigenvalue weighted by atomic mass is 35.5. The van der Waals surface area contributed by atoms with Crippen molar-refractivity contribution >= 4 is 17.3 Å². The largest absolute Gasteiger partial charge is 0.481 e. The molecule has 0 amide bonds. The van der Waals surface area contributed by atoms with Gasteiger partial charge >= 0.3 is 0 Å². The van der Waals surface area contributed by atoms with Crippen LogP contribution in [0.4, 0.5) is 14.5 Å². The molecule has 0 saturated heterocycles. The molecule has 21 heavy (non-hydrogen) atoms. The number of benzene rings is 1. The van der Waals surface area contributed by atoms with Gasteiger partial charge in [-0.2, -0.15) is 9.97 Å². The molecule has 1 heterocycles. The minimum Gasteiger partial charge on any atom is -0.481 e. The van der Waals surface area contributed by atoms with E-state index >= 15 is 0 Å². The summed E-state index contributed by atoms with van der Waals surface area (Å²) in [6.07, 6.45) is -1.87. The van der Waals surface area contributed by atoms with Crippen molar-refractivity contribution in [3.8, 4) is 11.8 Å². The zero-order chi connectivity index (χ0) is 15.6. The van der Waals surface area contributed by atoms with Gasteiger partial charge in [-0.05, 0) is 12.1 Å². The third-order valence-electron chi connectivity index (χ3n) is 2.74. The maximum atomic E-state index is 14.6. The number of methoxy groups -OCH3 is 2. The predicted octanol–water partition coefficient (Wildman–Crippen LogP) is 2.93. The van der Waals surface area contributed by atoms with Crippen LogP contribution in [0.1, 0.15) is 17.6 Å². The lowest BCUT2D eigenvalue weighted by atomic mass is 10.1. The van der Waals surface area contributed by atoms with Gasteiger partial charge in [0.15, 0.2) is 12.0 Å². The van der Waals surface area contributed by atoms with E-state index in [9.17, 15) is 8.78 Å². The minimum absolute atomic E-state index is 0.0224. The number of ether oxygens (including phenoxy) is 2. The highest BCUT2D eigenvalue weighted by Gasteiger charge is 2.23. The number of halogens is 3. The number of nitrogens with two attached hydrogens (primary N) is 1. The SMILES string of the molecule is COc1cc(OC)nc(C(F)c2cc(Cl)cc(F)c2N)n1. The van der Waals surface area contributed by atoms with Gasteiger partial charge in [-0.25, -0.2) is 8.78 Å². The van der Waals surface area contributed by atoms with E-state index in [2.05, 4.69) is 9.97 Å². The van der Waals surface area contributed by atoms with E-state index < -0.39 is 12.0 Å². The fourth-order valence-corrected chi connectivity index (χ4v) is 1.91. The number of anilines is 1. The molecular formula is C13H12ClF2N3O2. The maximum absolute atomic E-state index is 14.6. The third kappa shape index (κ3) is 3.13. The molecule has 2 aromatic rings. The summed E-state index contributed by atoms with van der Waals surface area (Å²) in [6.45, 7) is 0. The summed E-state index contributed by atoms with van der Waals surface area (Å²) in [5.41, 5.74) is 5.03. The fraction of sp³-hybridized carbons (Fsp3) is 0.231. The summed E-state index contributed by atoms with van der Waals surface area (Å²) < 4.78 is 38.0. The van der Waals surface area contributed by atoms with Gasteiger partial charge in [0.25, 0.3) is 0 Å². The molecule has 0 aliphatic carbocycles. The van der Waals surface area contributed by atoms with Crippen molar-refractivity contribution in [1.29, 1.82) is 0 Å². The maximum Gasteiger partial charge on any atom is 0.220 e. The first-order valence-corrected chi connectivity index (χ1v) is 6.19. The van der Waals surface area contributed by atoms with Crippen LogP contribution in [-0.2, 0) is 0 Å². The summed E-state index contributed by atoms with van der Waals surface area (Å²) in [5.74, 6) is -0.851. The molecule has 5 nitrogen and oxygen atoms in total. The lowest BCUT2D eigenvalue weighted by molar-refractivity contribution is 0.341. The van der Waals surface area contributed by atoms with E-state index in [-0.39, 0.29) is 33.9 Å². The predicted molar refractivity (Wildman–Crippen MR) is 73.9 cm³/mol. The lowest BCUT2D eigenvalue weighted by Crippen LogP contribution is -2.08. The van der Waals surface area contributed by atoms with Gasteiger partial charge in [0.2, 0.25) is 11.8 Å². The molecule has 0 saturated carbocycles. The first kappa shape index (κ1) is 15.2. The minimum atomic E-state index is -1.87. The van der Waals surface area contributed by atoms with Crippen molar-refractivity contribution in [3.05, 3.63) is 40.4 Å². The molecule has 0 aliphatic heterocycles. The van der Waals surface area contributed by atoms with Crippen molar-refractivity contribution in [1.82, 2.24) is 9.97 Å². The Morgan fingerprint density at radius 3 is 2.24 bits per heavy atom. The number of hydrogen-bond donors (Lipinski definition) is 1. The topological polar surface area (TPSA) is 70.3 Å². The second kappa shape index (κ2) is 6.09. The van der Waals surface area contributed by atoms with Gasteiger partial charge in [0.05, 0.1) is 26.0 Å². The Balaban J connectivity index is 2.51. The first-order chi connectivity index (χ1) is 9.96. The summed E-state index contributed by atoms with van der Waals surface area (Å²) in [4.78, 5) is 7.73. The van der Waals surface area contributed by atoms with Crippen LogP contribution in [-0.4, -0.2) is 24.2 Å². The van der Waals surface area contributed by atoms with Crippen LogP contribution >= 0.6 is 11.6 Å². The normalized spacial score (nSPS) is 12.0. The average molecular weight is 316 g/mol. The molecule has 1 unspecified atom stereocenters. The second-order valence-corrected chi connectivity index (χ2v) is 4.50. The van der Waals surface area contributed by atoms with E-state index in [4.69, 9.17) is 26.8 Å². The van der Waals surface area contributed by atoms with Crippen LogP contribution in [0, 0.1) is 5.82 Å². The second-order valence-electron chi connectivity index (χ2n) is 4.06. The number of nitrogen functional groups attached to an aromatic ring is 1. The molecule has 8 heteroatoms. The van der Waals surface area contributed by atoms with E-state index in [1.807, 2.05) is 0 Å². The quantitative estimate of drug-likeness (QED) is 0.878. The molecule has 2 rings (SSSR count). The fourth-order valence-electron chi connectivity index (χ4n) is 1.70. The van der Waals surface area contributed by atoms with Crippen LogP contribution in [0.25, 0.3) is 0 Å². The molecule has 1 aromatic heterocycles. The first-order valence-electron chi connectivity index (χ1n) is 5.81. The highest BCUT2D eigenvalue weighted by molar-refractivity contribution is 6.30. The molecular weight excluding hydrogens is 304 g/mol. The Kier molecular flexibility index (Phi) is 4.42. The molecule has 1 aromatic carbocycles. The van der Waals surface area contributed by atoms with Crippen LogP contribution < -0.4 is 15.2 Å². The summed E-state index contributed by atoms with van der Waals surface area (Å²) in [5, 5.41) is 0.0224. The van der Waals surface area contributed by atoms with Gasteiger partial charge in [-0.3, -0.25) is 0 Å². The van der Waals surface area contributed by atoms with Crippen molar-refractivity contribution in [2.24, 2.45) is 0 Å². The van der Waals surface area contributed by atoms with Crippen LogP contribution in [0.3, 0.4) is 0 Å². The van der Waals surface area contributed by atoms with Gasteiger partial charge < -0.3 is 15.2 Å². The molecule has 0 radical (unpaired) electrons. The molecule has 0 fully saturated rings. The van der Waals surface area contributed by atoms with Crippen molar-refractivity contribution in [2.45, 2.75) is 6.17 Å². The standard InChI is InChI=1S/C13H12ClF2N3O2/c1-20-9-5-10(21-2)19-13(18-9)11(16)7-3-6(14)4-8(15)12(7)17/h3-5,11H,17H2,1-2H3. The molecule has 0 bridgehead atoms. The van der Waals surface area contributed by atoms with Crippen molar-refractivity contribution in [2.75, 3.05) is 20.0 Å². The summed E-state index contributed by atoms with van der Waals surface area (Å²) in [7, 11) is 2.73. The number of hydrogen-bond acceptors (Lipinski definition) is 5. The van der Waals surface area contributed by atoms with Crippen LogP contribution in [0.2, 0.25) is 5.02 Å². The van der Waals surface area contributed by atoms with Crippen LogP contribution in [0.5, 0.6) is 11.8 Å². The third-order valence-corrected chi connectivity index (χ3v) is 2.96. The summed E-state index contributed by atoms with van der Waals surface area (Å²) in [6, 6.07) is 3.61. The Labute approximate surface area is 124 Å². The molecule has 0 spiro atoms. The van der Waals surface area contributed by atoms with E-state index in [0.29, 0.717) is 0 Å². The Hall–Kier alpha value is -2.15. The zero-order valence-electron chi connectivity index (χ0n) is 11.2.